The molecule has 0 unspecified atom stereocenters. The molecule has 1 nitrogen and oxygen atoms in total. The third-order valence-electron chi connectivity index (χ3n) is 1.32. The van der Waals surface area contributed by atoms with Crippen LogP contribution in [0.5, 0.6) is 0 Å². The van der Waals surface area contributed by atoms with Crippen LogP contribution in [-0.2, 0) is 0 Å². The number of aromatic nitrogens is 1. The Morgan fingerprint density at radius 1 is 1.78 bits per heavy atom. The van der Waals surface area contributed by atoms with Crippen molar-refractivity contribution >= 4 is 5.57 Å². The van der Waals surface area contributed by atoms with Gasteiger partial charge in [-0.2, -0.15) is 0 Å². The van der Waals surface area contributed by atoms with E-state index in [2.05, 4.69) is 4.98 Å². The molecule has 1 heteroatoms. The van der Waals surface area contributed by atoms with E-state index in [4.69, 9.17) is 6.58 Å². The molecule has 0 aromatic carbocycles. The van der Waals surface area contributed by atoms with E-state index in [0.29, 0.717) is 0 Å². The number of aromatic amines is 1. The average molecular weight is 120 g/mol. The lowest BCUT2D eigenvalue weighted by Crippen LogP contribution is -1.77. The smallest absolute Gasteiger partial charge is 0.0412 e. The predicted molar refractivity (Wildman–Crippen MR) is 38.8 cm³/mol. The Kier molecular flexibility index (Phi) is 1.73. The summed E-state index contributed by atoms with van der Waals surface area (Å²) < 4.78 is 0. The number of allylic oxidation sites excluding steroid dienone is 1. The van der Waals surface area contributed by atoms with Crippen LogP contribution < -0.4 is 0 Å². The maximum atomic E-state index is 5.62. The van der Waals surface area contributed by atoms with Crippen LogP contribution in [-0.4, -0.2) is 4.98 Å². The quantitative estimate of drug-likeness (QED) is 0.616. The van der Waals surface area contributed by atoms with Crippen molar-refractivity contribution < 1.29 is 0 Å². The van der Waals surface area contributed by atoms with Crippen LogP contribution in [0.25, 0.3) is 5.57 Å². The van der Waals surface area contributed by atoms with E-state index >= 15 is 0 Å². The summed E-state index contributed by atoms with van der Waals surface area (Å²) in [6, 6.07) is 3.91. The Balaban J connectivity index is 2.77. The van der Waals surface area contributed by atoms with Crippen molar-refractivity contribution in [2.24, 2.45) is 0 Å². The summed E-state index contributed by atoms with van der Waals surface area (Å²) in [6.45, 7) is 7.66. The van der Waals surface area contributed by atoms with E-state index < -0.39 is 0 Å². The number of hydrogen-bond donors (Lipinski definition) is 1. The highest BCUT2D eigenvalue weighted by Gasteiger charge is 1.93. The van der Waals surface area contributed by atoms with Gasteiger partial charge in [0.1, 0.15) is 0 Å². The van der Waals surface area contributed by atoms with E-state index in [0.717, 1.165) is 17.7 Å². The first-order valence-electron chi connectivity index (χ1n) is 3.09. The Labute approximate surface area is 55.4 Å². The fraction of sp³-hybridized carbons (Fsp3) is 0.250. The second kappa shape index (κ2) is 2.53. The van der Waals surface area contributed by atoms with Gasteiger partial charge in [0.15, 0.2) is 0 Å². The lowest BCUT2D eigenvalue weighted by Gasteiger charge is -1.94. The molecule has 0 fully saturated rings. The van der Waals surface area contributed by atoms with Crippen molar-refractivity contribution in [1.29, 1.82) is 0 Å². The van der Waals surface area contributed by atoms with Crippen molar-refractivity contribution in [3.8, 4) is 0 Å². The van der Waals surface area contributed by atoms with Crippen LogP contribution in [0, 0.1) is 6.58 Å². The molecule has 0 aliphatic heterocycles. The van der Waals surface area contributed by atoms with Gasteiger partial charge in [0.2, 0.25) is 0 Å². The topological polar surface area (TPSA) is 15.8 Å². The second-order valence-corrected chi connectivity index (χ2v) is 1.96. The summed E-state index contributed by atoms with van der Waals surface area (Å²) in [5.74, 6) is 0. The molecule has 1 aromatic heterocycles. The zero-order chi connectivity index (χ0) is 6.69. The van der Waals surface area contributed by atoms with Gasteiger partial charge in [-0.3, -0.25) is 0 Å². The summed E-state index contributed by atoms with van der Waals surface area (Å²) in [6.07, 6.45) is 2.78. The van der Waals surface area contributed by atoms with Crippen molar-refractivity contribution in [3.63, 3.8) is 0 Å². The van der Waals surface area contributed by atoms with Crippen LogP contribution in [0.3, 0.4) is 0 Å². The molecule has 1 aromatic rings. The average Bonchev–Trinajstić information content (AvgIpc) is 2.37. The van der Waals surface area contributed by atoms with Gasteiger partial charge in [0.25, 0.3) is 0 Å². The Hall–Kier alpha value is -0.980. The van der Waals surface area contributed by atoms with Gasteiger partial charge < -0.3 is 4.98 Å². The van der Waals surface area contributed by atoms with Crippen molar-refractivity contribution in [2.75, 3.05) is 0 Å². The maximum absolute atomic E-state index is 5.62. The van der Waals surface area contributed by atoms with Gasteiger partial charge in [-0.1, -0.05) is 13.5 Å². The molecule has 0 amide bonds. The highest BCUT2D eigenvalue weighted by Crippen LogP contribution is 2.11. The lowest BCUT2D eigenvalue weighted by atomic mass is 10.2. The summed E-state index contributed by atoms with van der Waals surface area (Å²) >= 11 is 0. The molecular weight excluding hydrogens is 110 g/mol. The Morgan fingerprint density at radius 3 is 3.00 bits per heavy atom. The maximum Gasteiger partial charge on any atom is 0.0412 e. The van der Waals surface area contributed by atoms with Crippen LogP contribution in [0.1, 0.15) is 19.0 Å². The van der Waals surface area contributed by atoms with E-state index in [1.807, 2.05) is 25.3 Å². The van der Waals surface area contributed by atoms with Gasteiger partial charge in [0.05, 0.1) is 0 Å². The highest BCUT2D eigenvalue weighted by molar-refractivity contribution is 5.57. The largest absolute Gasteiger partial charge is 0.361 e. The van der Waals surface area contributed by atoms with Gasteiger partial charge in [0, 0.05) is 11.9 Å². The number of H-pyrrole nitrogens is 1. The molecular formula is C8H10N. The minimum absolute atomic E-state index is 0.903. The molecule has 1 N–H and O–H groups in total. The fourth-order valence-electron chi connectivity index (χ4n) is 0.721. The predicted octanol–water partition coefficient (Wildman–Crippen LogP) is 2.24. The summed E-state index contributed by atoms with van der Waals surface area (Å²) in [5.41, 5.74) is 1.96. The Morgan fingerprint density at radius 2 is 2.56 bits per heavy atom. The monoisotopic (exact) mass is 120 g/mol. The summed E-state index contributed by atoms with van der Waals surface area (Å²) in [4.78, 5) is 3.03. The van der Waals surface area contributed by atoms with E-state index in [1.165, 1.54) is 0 Å². The lowest BCUT2D eigenvalue weighted by molar-refractivity contribution is 1.20. The molecule has 0 aliphatic rings. The number of rotatable bonds is 2. The highest BCUT2D eigenvalue weighted by atomic mass is 14.7. The molecule has 1 heterocycles. The van der Waals surface area contributed by atoms with Crippen LogP contribution >= 0.6 is 0 Å². The van der Waals surface area contributed by atoms with Crippen molar-refractivity contribution in [3.05, 3.63) is 30.6 Å². The molecule has 0 aliphatic carbocycles. The number of hydrogen-bond acceptors (Lipinski definition) is 0. The third kappa shape index (κ3) is 1.22. The molecule has 0 atom stereocenters. The van der Waals surface area contributed by atoms with Crippen LogP contribution in [0.4, 0.5) is 0 Å². The zero-order valence-corrected chi connectivity index (χ0v) is 5.52. The summed E-state index contributed by atoms with van der Waals surface area (Å²) in [5, 5.41) is 0. The van der Waals surface area contributed by atoms with Crippen molar-refractivity contribution in [1.82, 2.24) is 4.98 Å². The van der Waals surface area contributed by atoms with E-state index in [-0.39, 0.29) is 0 Å². The first-order chi connectivity index (χ1) is 4.34. The minimum atomic E-state index is 0.903. The Bertz CT molecular complexity index is 184. The van der Waals surface area contributed by atoms with Gasteiger partial charge in [-0.15, -0.1) is 0 Å². The molecule has 1 rings (SSSR count). The molecule has 9 heavy (non-hydrogen) atoms. The third-order valence-corrected chi connectivity index (χ3v) is 1.32. The second-order valence-electron chi connectivity index (χ2n) is 1.96. The first-order valence-corrected chi connectivity index (χ1v) is 3.09. The van der Waals surface area contributed by atoms with E-state index in [1.54, 1.807) is 0 Å². The van der Waals surface area contributed by atoms with Gasteiger partial charge >= 0.3 is 0 Å². The first kappa shape index (κ1) is 6.14. The van der Waals surface area contributed by atoms with Crippen molar-refractivity contribution in [2.45, 2.75) is 13.3 Å². The molecule has 0 saturated heterocycles. The van der Waals surface area contributed by atoms with Gasteiger partial charge in [-0.25, -0.2) is 0 Å². The SMILES string of the molecule is [CH]=C(CC)c1ccc[nH]1. The minimum Gasteiger partial charge on any atom is -0.361 e. The molecule has 1 radical (unpaired) electrons. The molecule has 0 saturated carbocycles. The standard InChI is InChI=1S/C8H10N/c1-3-7(2)8-5-4-6-9-8/h2,4-6,9H,3H2,1H3. The normalized spacial score (nSPS) is 9.44. The molecule has 0 spiro atoms. The fourth-order valence-corrected chi connectivity index (χ4v) is 0.721. The van der Waals surface area contributed by atoms with Crippen LogP contribution in [0.2, 0.25) is 0 Å². The molecule has 47 valence electrons. The summed E-state index contributed by atoms with van der Waals surface area (Å²) in [7, 11) is 0. The molecule has 0 bridgehead atoms. The number of nitrogens with one attached hydrogen (secondary N) is 1. The van der Waals surface area contributed by atoms with Crippen LogP contribution in [0.15, 0.2) is 18.3 Å². The zero-order valence-electron chi connectivity index (χ0n) is 5.52. The van der Waals surface area contributed by atoms with Gasteiger partial charge in [-0.05, 0) is 24.1 Å². The van der Waals surface area contributed by atoms with E-state index in [9.17, 15) is 0 Å².